The number of nitrogens with two attached hydrogens (primary N) is 1. The van der Waals surface area contributed by atoms with Crippen molar-refractivity contribution in [3.05, 3.63) is 11.3 Å². The molecule has 0 saturated heterocycles. The first-order valence-corrected chi connectivity index (χ1v) is 7.36. The Labute approximate surface area is 121 Å². The van der Waals surface area contributed by atoms with E-state index in [0.717, 1.165) is 19.3 Å². The third-order valence-electron chi connectivity index (χ3n) is 3.07. The standard InChI is InChI=1S/C15H27N3O2/c1-6-8-10-20-14(19)11-12(15(3,4)5)17-18(9-7-2)13(11)16/h6-10,16H2,1-5H3. The molecule has 0 radical (unpaired) electrons. The van der Waals surface area contributed by atoms with Crippen LogP contribution in [-0.2, 0) is 16.7 Å². The summed E-state index contributed by atoms with van der Waals surface area (Å²) in [6.07, 6.45) is 2.77. The number of hydrogen-bond acceptors (Lipinski definition) is 4. The molecule has 0 amide bonds. The molecule has 5 heteroatoms. The molecule has 0 aliphatic heterocycles. The Morgan fingerprint density at radius 2 is 1.95 bits per heavy atom. The van der Waals surface area contributed by atoms with Crippen LogP contribution in [0.2, 0.25) is 0 Å². The predicted molar refractivity (Wildman–Crippen MR) is 80.8 cm³/mol. The number of nitrogen functional groups attached to an aromatic ring is 1. The monoisotopic (exact) mass is 281 g/mol. The zero-order chi connectivity index (χ0) is 15.3. The van der Waals surface area contributed by atoms with E-state index in [2.05, 4.69) is 18.9 Å². The maximum absolute atomic E-state index is 12.3. The lowest BCUT2D eigenvalue weighted by molar-refractivity contribution is 0.0498. The van der Waals surface area contributed by atoms with E-state index < -0.39 is 0 Å². The average Bonchev–Trinajstić information content (AvgIpc) is 2.68. The second kappa shape index (κ2) is 6.77. The van der Waals surface area contributed by atoms with Crippen LogP contribution in [0.3, 0.4) is 0 Å². The smallest absolute Gasteiger partial charge is 0.343 e. The van der Waals surface area contributed by atoms with Crippen molar-refractivity contribution in [2.45, 2.75) is 65.8 Å². The summed E-state index contributed by atoms with van der Waals surface area (Å²) in [4.78, 5) is 12.3. The van der Waals surface area contributed by atoms with E-state index >= 15 is 0 Å². The van der Waals surface area contributed by atoms with Crippen molar-refractivity contribution in [2.24, 2.45) is 0 Å². The molecule has 0 atom stereocenters. The Morgan fingerprint density at radius 3 is 2.45 bits per heavy atom. The highest BCUT2D eigenvalue weighted by Crippen LogP contribution is 2.29. The Balaban J connectivity index is 3.11. The molecule has 0 unspecified atom stereocenters. The van der Waals surface area contributed by atoms with Gasteiger partial charge in [-0.05, 0) is 12.8 Å². The molecular formula is C15H27N3O2. The first-order valence-electron chi connectivity index (χ1n) is 7.36. The molecule has 0 saturated carbocycles. The van der Waals surface area contributed by atoms with Gasteiger partial charge < -0.3 is 10.5 Å². The van der Waals surface area contributed by atoms with Gasteiger partial charge in [0.2, 0.25) is 0 Å². The van der Waals surface area contributed by atoms with Gasteiger partial charge in [-0.1, -0.05) is 41.0 Å². The molecule has 1 heterocycles. The molecule has 114 valence electrons. The van der Waals surface area contributed by atoms with Gasteiger partial charge in [-0.15, -0.1) is 0 Å². The third-order valence-corrected chi connectivity index (χ3v) is 3.07. The van der Waals surface area contributed by atoms with Crippen LogP contribution in [-0.4, -0.2) is 22.4 Å². The van der Waals surface area contributed by atoms with Crippen LogP contribution in [0.4, 0.5) is 5.82 Å². The molecule has 0 aliphatic carbocycles. The van der Waals surface area contributed by atoms with Crippen molar-refractivity contribution in [2.75, 3.05) is 12.3 Å². The van der Waals surface area contributed by atoms with Crippen LogP contribution in [0.15, 0.2) is 0 Å². The van der Waals surface area contributed by atoms with Crippen molar-refractivity contribution < 1.29 is 9.53 Å². The summed E-state index contributed by atoms with van der Waals surface area (Å²) in [6.45, 7) is 11.3. The fraction of sp³-hybridized carbons (Fsp3) is 0.733. The van der Waals surface area contributed by atoms with Gasteiger partial charge in [0.1, 0.15) is 11.4 Å². The van der Waals surface area contributed by atoms with E-state index in [4.69, 9.17) is 10.5 Å². The molecule has 0 spiro atoms. The summed E-state index contributed by atoms with van der Waals surface area (Å²) >= 11 is 0. The number of carbonyl (C=O) groups is 1. The molecule has 0 bridgehead atoms. The Bertz CT molecular complexity index is 458. The molecule has 0 aromatic carbocycles. The largest absolute Gasteiger partial charge is 0.462 e. The van der Waals surface area contributed by atoms with Crippen LogP contribution in [0.25, 0.3) is 0 Å². The number of nitrogens with zero attached hydrogens (tertiary/aromatic N) is 2. The minimum atomic E-state index is -0.358. The average molecular weight is 281 g/mol. The van der Waals surface area contributed by atoms with Gasteiger partial charge >= 0.3 is 5.97 Å². The van der Waals surface area contributed by atoms with Crippen molar-refractivity contribution in [3.63, 3.8) is 0 Å². The molecule has 0 fully saturated rings. The number of aromatic nitrogens is 2. The highest BCUT2D eigenvalue weighted by atomic mass is 16.5. The van der Waals surface area contributed by atoms with Crippen molar-refractivity contribution in [1.29, 1.82) is 0 Å². The zero-order valence-electron chi connectivity index (χ0n) is 13.3. The van der Waals surface area contributed by atoms with Crippen LogP contribution >= 0.6 is 0 Å². The molecular weight excluding hydrogens is 254 g/mol. The lowest BCUT2D eigenvalue weighted by atomic mass is 9.89. The van der Waals surface area contributed by atoms with Gasteiger partial charge in [-0.3, -0.25) is 0 Å². The van der Waals surface area contributed by atoms with Gasteiger partial charge in [-0.25, -0.2) is 9.48 Å². The Kier molecular flexibility index (Phi) is 5.60. The zero-order valence-corrected chi connectivity index (χ0v) is 13.3. The van der Waals surface area contributed by atoms with Crippen molar-refractivity contribution >= 4 is 11.8 Å². The molecule has 5 nitrogen and oxygen atoms in total. The maximum atomic E-state index is 12.3. The van der Waals surface area contributed by atoms with E-state index in [-0.39, 0.29) is 11.4 Å². The molecule has 1 rings (SSSR count). The van der Waals surface area contributed by atoms with Crippen LogP contribution < -0.4 is 5.73 Å². The van der Waals surface area contributed by atoms with Crippen molar-refractivity contribution in [3.8, 4) is 0 Å². The summed E-state index contributed by atoms with van der Waals surface area (Å²) in [5, 5.41) is 4.51. The number of hydrogen-bond donors (Lipinski definition) is 1. The summed E-state index contributed by atoms with van der Waals surface area (Å²) in [7, 11) is 0. The van der Waals surface area contributed by atoms with E-state index in [9.17, 15) is 4.79 Å². The minimum Gasteiger partial charge on any atom is -0.462 e. The second-order valence-electron chi connectivity index (χ2n) is 6.07. The number of aryl methyl sites for hydroxylation is 1. The Morgan fingerprint density at radius 1 is 1.30 bits per heavy atom. The summed E-state index contributed by atoms with van der Waals surface area (Å²) in [6, 6.07) is 0. The number of unbranched alkanes of at least 4 members (excludes halogenated alkanes) is 1. The molecule has 1 aromatic rings. The fourth-order valence-corrected chi connectivity index (χ4v) is 1.96. The summed E-state index contributed by atoms with van der Waals surface area (Å²) in [5.41, 5.74) is 6.99. The summed E-state index contributed by atoms with van der Waals surface area (Å²) in [5.74, 6) is 0.0569. The molecule has 1 aromatic heterocycles. The van der Waals surface area contributed by atoms with Crippen LogP contribution in [0.1, 0.15) is 69.9 Å². The molecule has 20 heavy (non-hydrogen) atoms. The molecule has 2 N–H and O–H groups in total. The van der Waals surface area contributed by atoms with Gasteiger partial charge in [0, 0.05) is 12.0 Å². The SMILES string of the molecule is CCCCOC(=O)c1c(C(C)(C)C)nn(CCC)c1N. The highest BCUT2D eigenvalue weighted by Gasteiger charge is 2.30. The summed E-state index contributed by atoms with van der Waals surface area (Å²) < 4.78 is 7.01. The van der Waals surface area contributed by atoms with E-state index in [1.54, 1.807) is 4.68 Å². The number of carbonyl (C=O) groups excluding carboxylic acids is 1. The number of anilines is 1. The van der Waals surface area contributed by atoms with E-state index in [1.165, 1.54) is 0 Å². The van der Waals surface area contributed by atoms with E-state index in [1.807, 2.05) is 20.8 Å². The normalized spacial score (nSPS) is 11.7. The van der Waals surface area contributed by atoms with Crippen molar-refractivity contribution in [1.82, 2.24) is 9.78 Å². The third kappa shape index (κ3) is 3.74. The van der Waals surface area contributed by atoms with Gasteiger partial charge in [0.05, 0.1) is 12.3 Å². The molecule has 0 aliphatic rings. The maximum Gasteiger partial charge on any atom is 0.343 e. The lowest BCUT2D eigenvalue weighted by Crippen LogP contribution is -2.18. The second-order valence-corrected chi connectivity index (χ2v) is 6.07. The van der Waals surface area contributed by atoms with Gasteiger partial charge in [-0.2, -0.15) is 5.10 Å². The minimum absolute atomic E-state index is 0.244. The first-order chi connectivity index (χ1) is 9.32. The quantitative estimate of drug-likeness (QED) is 0.642. The Hall–Kier alpha value is -1.52. The number of rotatable bonds is 6. The van der Waals surface area contributed by atoms with E-state index in [0.29, 0.717) is 30.2 Å². The van der Waals surface area contributed by atoms with Gasteiger partial charge in [0.25, 0.3) is 0 Å². The highest BCUT2D eigenvalue weighted by molar-refractivity contribution is 5.96. The predicted octanol–water partition coefficient (Wildman–Crippen LogP) is 3.13. The number of esters is 1. The lowest BCUT2D eigenvalue weighted by Gasteiger charge is -2.16. The van der Waals surface area contributed by atoms with Gasteiger partial charge in [0.15, 0.2) is 0 Å². The first kappa shape index (κ1) is 16.5. The van der Waals surface area contributed by atoms with Crippen LogP contribution in [0.5, 0.6) is 0 Å². The number of ether oxygens (including phenoxy) is 1. The topological polar surface area (TPSA) is 70.1 Å². The fourth-order valence-electron chi connectivity index (χ4n) is 1.96. The van der Waals surface area contributed by atoms with Crippen LogP contribution in [0, 0.1) is 0 Å².